The standard InChI is InChI=1S/C25H25ClF3N3O4.ClH/c1-15-21(23(22(26)16(2)31-15)35-24(33)32(4)14-13-30-3)17-5-7-18(8-6-17)34-19-9-11-20(12-10-19)36-25(27,28)29;/h5-12,30H,13-14H2,1-4H3;1H. The molecule has 0 aliphatic carbocycles. The van der Waals surface area contributed by atoms with Crippen LogP contribution in [0.25, 0.3) is 11.1 Å². The molecule has 1 heterocycles. The first-order chi connectivity index (χ1) is 17.0. The van der Waals surface area contributed by atoms with Gasteiger partial charge in [0.25, 0.3) is 0 Å². The number of pyridine rings is 1. The van der Waals surface area contributed by atoms with E-state index in [2.05, 4.69) is 15.0 Å². The van der Waals surface area contributed by atoms with Crippen molar-refractivity contribution in [1.29, 1.82) is 0 Å². The highest BCUT2D eigenvalue weighted by Crippen LogP contribution is 2.40. The van der Waals surface area contributed by atoms with Crippen LogP contribution in [0.4, 0.5) is 18.0 Å². The van der Waals surface area contributed by atoms with Gasteiger partial charge in [0, 0.05) is 31.4 Å². The maximum absolute atomic E-state index is 12.6. The summed E-state index contributed by atoms with van der Waals surface area (Å²) in [6, 6.07) is 11.9. The number of benzene rings is 2. The van der Waals surface area contributed by atoms with Gasteiger partial charge in [0.15, 0.2) is 5.75 Å². The van der Waals surface area contributed by atoms with Crippen LogP contribution >= 0.6 is 24.0 Å². The number of alkyl halides is 3. The van der Waals surface area contributed by atoms with Gasteiger partial charge in [-0.1, -0.05) is 23.7 Å². The zero-order chi connectivity index (χ0) is 26.5. The van der Waals surface area contributed by atoms with Crippen molar-refractivity contribution in [3.05, 3.63) is 64.9 Å². The number of rotatable bonds is 8. The van der Waals surface area contributed by atoms with E-state index in [9.17, 15) is 18.0 Å². The normalized spacial score (nSPS) is 10.9. The molecule has 0 atom stereocenters. The second-order valence-corrected chi connectivity index (χ2v) is 8.22. The van der Waals surface area contributed by atoms with E-state index in [-0.39, 0.29) is 28.9 Å². The van der Waals surface area contributed by atoms with Crippen LogP contribution < -0.4 is 19.5 Å². The molecule has 3 rings (SSSR count). The first-order valence-electron chi connectivity index (χ1n) is 10.9. The number of carbonyl (C=O) groups is 1. The van der Waals surface area contributed by atoms with Gasteiger partial charge in [-0.05, 0) is 62.9 Å². The topological polar surface area (TPSA) is 72.9 Å². The van der Waals surface area contributed by atoms with E-state index >= 15 is 0 Å². The number of carbonyl (C=O) groups excluding carboxylic acids is 1. The van der Waals surface area contributed by atoms with E-state index < -0.39 is 12.5 Å². The second-order valence-electron chi connectivity index (χ2n) is 7.84. The van der Waals surface area contributed by atoms with Gasteiger partial charge < -0.3 is 24.4 Å². The van der Waals surface area contributed by atoms with E-state index in [4.69, 9.17) is 21.1 Å². The van der Waals surface area contributed by atoms with Crippen LogP contribution in [0.1, 0.15) is 11.4 Å². The minimum absolute atomic E-state index is 0. The fraction of sp³-hybridized carbons (Fsp3) is 0.280. The average Bonchev–Trinajstić information content (AvgIpc) is 2.82. The van der Waals surface area contributed by atoms with Crippen molar-refractivity contribution in [2.45, 2.75) is 20.2 Å². The van der Waals surface area contributed by atoms with E-state index in [0.717, 1.165) is 12.1 Å². The molecule has 3 aromatic rings. The van der Waals surface area contributed by atoms with Crippen molar-refractivity contribution >= 4 is 30.1 Å². The van der Waals surface area contributed by atoms with Crippen molar-refractivity contribution in [2.24, 2.45) is 0 Å². The number of nitrogens with zero attached hydrogens (tertiary/aromatic N) is 2. The summed E-state index contributed by atoms with van der Waals surface area (Å²) < 4.78 is 52.3. The van der Waals surface area contributed by atoms with Crippen molar-refractivity contribution in [2.75, 3.05) is 27.2 Å². The molecule has 12 heteroatoms. The zero-order valence-electron chi connectivity index (χ0n) is 20.5. The lowest BCUT2D eigenvalue weighted by molar-refractivity contribution is -0.274. The Labute approximate surface area is 223 Å². The lowest BCUT2D eigenvalue weighted by atomic mass is 10.0. The summed E-state index contributed by atoms with van der Waals surface area (Å²) in [6.07, 6.45) is -5.32. The molecular formula is C25H26Cl2F3N3O4. The summed E-state index contributed by atoms with van der Waals surface area (Å²) >= 11 is 6.49. The lowest BCUT2D eigenvalue weighted by Gasteiger charge is -2.20. The zero-order valence-corrected chi connectivity index (χ0v) is 22.1. The Morgan fingerprint density at radius 3 is 2.08 bits per heavy atom. The molecule has 0 unspecified atom stereocenters. The first-order valence-corrected chi connectivity index (χ1v) is 11.2. The van der Waals surface area contributed by atoms with Gasteiger partial charge in [-0.15, -0.1) is 25.6 Å². The molecule has 0 saturated heterocycles. The van der Waals surface area contributed by atoms with Crippen LogP contribution in [0.15, 0.2) is 48.5 Å². The second kappa shape index (κ2) is 12.8. The van der Waals surface area contributed by atoms with Gasteiger partial charge in [-0.25, -0.2) is 4.79 Å². The summed E-state index contributed by atoms with van der Waals surface area (Å²) in [7, 11) is 3.41. The van der Waals surface area contributed by atoms with E-state index in [1.165, 1.54) is 17.0 Å². The summed E-state index contributed by atoms with van der Waals surface area (Å²) in [5, 5.41) is 3.20. The number of aryl methyl sites for hydroxylation is 2. The molecule has 1 N–H and O–H groups in total. The van der Waals surface area contributed by atoms with Crippen molar-refractivity contribution < 1.29 is 32.2 Å². The number of likely N-dealkylation sites (N-methyl/N-ethyl adjacent to an activating group) is 2. The highest BCUT2D eigenvalue weighted by atomic mass is 35.5. The van der Waals surface area contributed by atoms with Crippen LogP contribution in [0, 0.1) is 13.8 Å². The van der Waals surface area contributed by atoms with E-state index in [1.807, 2.05) is 0 Å². The number of hydrogen-bond acceptors (Lipinski definition) is 6. The molecule has 0 spiro atoms. The van der Waals surface area contributed by atoms with Gasteiger partial charge >= 0.3 is 12.5 Å². The third-order valence-electron chi connectivity index (χ3n) is 5.08. The van der Waals surface area contributed by atoms with E-state index in [0.29, 0.717) is 47.1 Å². The van der Waals surface area contributed by atoms with Crippen molar-refractivity contribution in [3.63, 3.8) is 0 Å². The Morgan fingerprint density at radius 2 is 1.54 bits per heavy atom. The minimum Gasteiger partial charge on any atom is -0.457 e. The van der Waals surface area contributed by atoms with Crippen LogP contribution in [0.2, 0.25) is 5.02 Å². The predicted molar refractivity (Wildman–Crippen MR) is 137 cm³/mol. The van der Waals surface area contributed by atoms with Crippen molar-refractivity contribution in [1.82, 2.24) is 15.2 Å². The Kier molecular flexibility index (Phi) is 10.4. The van der Waals surface area contributed by atoms with Crippen molar-refractivity contribution in [3.8, 4) is 34.1 Å². The SMILES string of the molecule is CNCCN(C)C(=O)Oc1c(Cl)c(C)nc(C)c1-c1ccc(Oc2ccc(OC(F)(F)F)cc2)cc1.Cl. The van der Waals surface area contributed by atoms with Crippen LogP contribution in [-0.2, 0) is 0 Å². The van der Waals surface area contributed by atoms with E-state index in [1.54, 1.807) is 52.2 Å². The van der Waals surface area contributed by atoms with Gasteiger partial charge in [-0.3, -0.25) is 4.98 Å². The number of aromatic nitrogens is 1. The Morgan fingerprint density at radius 1 is 1.00 bits per heavy atom. The number of amides is 1. The van der Waals surface area contributed by atoms with Crippen LogP contribution in [-0.4, -0.2) is 49.5 Å². The Bertz CT molecular complexity index is 1210. The number of nitrogens with one attached hydrogen (secondary N) is 1. The lowest BCUT2D eigenvalue weighted by Crippen LogP contribution is -2.35. The minimum atomic E-state index is -4.76. The molecule has 0 bridgehead atoms. The molecule has 0 aliphatic rings. The fourth-order valence-electron chi connectivity index (χ4n) is 3.30. The summed E-state index contributed by atoms with van der Waals surface area (Å²) in [4.78, 5) is 18.5. The maximum atomic E-state index is 12.6. The molecule has 0 radical (unpaired) electrons. The molecule has 2 aromatic carbocycles. The molecule has 0 fully saturated rings. The first kappa shape index (κ1) is 30.0. The summed E-state index contributed by atoms with van der Waals surface area (Å²) in [6.45, 7) is 4.56. The molecule has 37 heavy (non-hydrogen) atoms. The third kappa shape index (κ3) is 8.14. The molecule has 0 saturated carbocycles. The molecule has 1 aromatic heterocycles. The third-order valence-corrected chi connectivity index (χ3v) is 5.52. The number of halogens is 5. The Balaban J connectivity index is 0.00000481. The quantitative estimate of drug-likeness (QED) is 0.328. The van der Waals surface area contributed by atoms with Crippen LogP contribution in [0.3, 0.4) is 0 Å². The smallest absolute Gasteiger partial charge is 0.457 e. The van der Waals surface area contributed by atoms with Gasteiger partial charge in [0.05, 0.1) is 5.69 Å². The summed E-state index contributed by atoms with van der Waals surface area (Å²) in [5.41, 5.74) is 2.38. The molecule has 200 valence electrons. The van der Waals surface area contributed by atoms with Gasteiger partial charge in [0.2, 0.25) is 0 Å². The monoisotopic (exact) mass is 559 g/mol. The largest absolute Gasteiger partial charge is 0.573 e. The predicted octanol–water partition coefficient (Wildman–Crippen LogP) is 6.78. The fourth-order valence-corrected chi connectivity index (χ4v) is 3.48. The average molecular weight is 560 g/mol. The van der Waals surface area contributed by atoms with Crippen LogP contribution in [0.5, 0.6) is 23.0 Å². The molecule has 1 amide bonds. The highest BCUT2D eigenvalue weighted by Gasteiger charge is 2.31. The molecular weight excluding hydrogens is 534 g/mol. The molecule has 0 aliphatic heterocycles. The highest BCUT2D eigenvalue weighted by molar-refractivity contribution is 6.33. The van der Waals surface area contributed by atoms with Gasteiger partial charge in [0.1, 0.15) is 22.3 Å². The van der Waals surface area contributed by atoms with Gasteiger partial charge in [-0.2, -0.15) is 0 Å². The maximum Gasteiger partial charge on any atom is 0.573 e. The number of ether oxygens (including phenoxy) is 3. The Hall–Kier alpha value is -3.21. The summed E-state index contributed by atoms with van der Waals surface area (Å²) in [5.74, 6) is 0.630. The molecule has 7 nitrogen and oxygen atoms in total. The number of hydrogen-bond donors (Lipinski definition) is 1.